The largest absolute Gasteiger partial charge is 0.457 e. The molecule has 0 spiro atoms. The number of hydrogen-bond donors (Lipinski definition) is 2. The second-order valence-electron chi connectivity index (χ2n) is 6.62. The summed E-state index contributed by atoms with van der Waals surface area (Å²) in [7, 11) is 0. The Hall–Kier alpha value is -3.18. The minimum Gasteiger partial charge on any atom is -0.457 e. The van der Waals surface area contributed by atoms with E-state index in [4.69, 9.17) is 16.6 Å². The summed E-state index contributed by atoms with van der Waals surface area (Å²) in [4.78, 5) is 12.2. The molecule has 0 aliphatic rings. The molecule has 2 N–H and O–H groups in total. The molecule has 142 valence electrons. The van der Waals surface area contributed by atoms with E-state index in [1.54, 1.807) is 6.08 Å². The van der Waals surface area contributed by atoms with Crippen LogP contribution in [0.1, 0.15) is 22.5 Å². The minimum atomic E-state index is -0.322. The first-order chi connectivity index (χ1) is 13.4. The molecule has 0 aliphatic carbocycles. The molecule has 1 aromatic heterocycles. The Balaban J connectivity index is 1.60. The van der Waals surface area contributed by atoms with Gasteiger partial charge >= 0.3 is 0 Å². The van der Waals surface area contributed by atoms with Crippen molar-refractivity contribution in [2.24, 2.45) is 0 Å². The van der Waals surface area contributed by atoms with Gasteiger partial charge in [-0.3, -0.25) is 10.1 Å². The molecule has 1 heterocycles. The van der Waals surface area contributed by atoms with Crippen molar-refractivity contribution in [1.29, 1.82) is 0 Å². The number of furan rings is 1. The number of carbonyl (C=O) groups is 1. The lowest BCUT2D eigenvalue weighted by atomic mass is 10.1. The predicted molar refractivity (Wildman–Crippen MR) is 118 cm³/mol. The number of aryl methyl sites for hydroxylation is 3. The summed E-state index contributed by atoms with van der Waals surface area (Å²) >= 11 is 5.26. The van der Waals surface area contributed by atoms with Crippen molar-refractivity contribution >= 4 is 35.0 Å². The second kappa shape index (κ2) is 8.67. The van der Waals surface area contributed by atoms with Crippen LogP contribution >= 0.6 is 12.2 Å². The summed E-state index contributed by atoms with van der Waals surface area (Å²) in [6.45, 7) is 6.06. The summed E-state index contributed by atoms with van der Waals surface area (Å²) in [6, 6.07) is 17.6. The number of hydrogen-bond acceptors (Lipinski definition) is 3. The molecule has 28 heavy (non-hydrogen) atoms. The van der Waals surface area contributed by atoms with Crippen LogP contribution in [0.2, 0.25) is 0 Å². The van der Waals surface area contributed by atoms with E-state index in [9.17, 15) is 4.79 Å². The maximum atomic E-state index is 12.2. The normalized spacial score (nSPS) is 10.8. The highest BCUT2D eigenvalue weighted by molar-refractivity contribution is 7.80. The highest BCUT2D eigenvalue weighted by Crippen LogP contribution is 2.23. The van der Waals surface area contributed by atoms with Crippen molar-refractivity contribution in [3.63, 3.8) is 0 Å². The van der Waals surface area contributed by atoms with Crippen LogP contribution < -0.4 is 10.6 Å². The van der Waals surface area contributed by atoms with Crippen molar-refractivity contribution in [2.45, 2.75) is 20.8 Å². The average Bonchev–Trinajstić information content (AvgIpc) is 3.13. The number of benzene rings is 2. The van der Waals surface area contributed by atoms with Crippen LogP contribution in [0.15, 0.2) is 65.1 Å². The highest BCUT2D eigenvalue weighted by Gasteiger charge is 2.08. The molecule has 0 saturated carbocycles. The molecule has 0 aliphatic heterocycles. The van der Waals surface area contributed by atoms with Gasteiger partial charge < -0.3 is 9.73 Å². The van der Waals surface area contributed by atoms with E-state index < -0.39 is 0 Å². The first-order valence-corrected chi connectivity index (χ1v) is 9.36. The third-order valence-corrected chi connectivity index (χ3v) is 4.44. The van der Waals surface area contributed by atoms with Crippen LogP contribution in [0.25, 0.3) is 17.4 Å². The van der Waals surface area contributed by atoms with E-state index in [0.717, 1.165) is 28.1 Å². The third kappa shape index (κ3) is 4.96. The van der Waals surface area contributed by atoms with Crippen molar-refractivity contribution in [3.05, 3.63) is 83.1 Å². The summed E-state index contributed by atoms with van der Waals surface area (Å²) in [5.41, 5.74) is 5.24. The third-order valence-electron chi connectivity index (χ3n) is 4.24. The van der Waals surface area contributed by atoms with Gasteiger partial charge in [-0.05, 0) is 62.3 Å². The van der Waals surface area contributed by atoms with Crippen molar-refractivity contribution in [3.8, 4) is 11.3 Å². The Morgan fingerprint density at radius 1 is 1.00 bits per heavy atom. The van der Waals surface area contributed by atoms with Crippen molar-refractivity contribution in [2.75, 3.05) is 5.32 Å². The predicted octanol–water partition coefficient (Wildman–Crippen LogP) is 5.40. The summed E-state index contributed by atoms with van der Waals surface area (Å²) in [6.07, 6.45) is 3.02. The van der Waals surface area contributed by atoms with Gasteiger partial charge in [0.25, 0.3) is 0 Å². The van der Waals surface area contributed by atoms with Gasteiger partial charge in [0.05, 0.1) is 0 Å². The molecule has 0 radical (unpaired) electrons. The second-order valence-corrected chi connectivity index (χ2v) is 7.03. The molecule has 1 amide bonds. The topological polar surface area (TPSA) is 54.3 Å². The Morgan fingerprint density at radius 2 is 1.68 bits per heavy atom. The molecular formula is C23H22N2O2S. The lowest BCUT2D eigenvalue weighted by Crippen LogP contribution is -2.33. The average molecular weight is 391 g/mol. The number of anilines is 1. The van der Waals surface area contributed by atoms with E-state index >= 15 is 0 Å². The first kappa shape index (κ1) is 19.6. The van der Waals surface area contributed by atoms with Crippen LogP contribution in [-0.2, 0) is 4.79 Å². The number of amides is 1. The number of thiocarbonyl (C=S) groups is 1. The molecule has 4 nitrogen and oxygen atoms in total. The van der Waals surface area contributed by atoms with Crippen molar-refractivity contribution in [1.82, 2.24) is 5.32 Å². The zero-order valence-electron chi connectivity index (χ0n) is 16.1. The fourth-order valence-electron chi connectivity index (χ4n) is 3.03. The molecule has 0 fully saturated rings. The fraction of sp³-hybridized carbons (Fsp3) is 0.130. The quantitative estimate of drug-likeness (QED) is 0.463. The molecule has 0 bridgehead atoms. The molecular weight excluding hydrogens is 368 g/mol. The Labute approximate surface area is 170 Å². The maximum absolute atomic E-state index is 12.2. The molecule has 0 unspecified atom stereocenters. The van der Waals surface area contributed by atoms with E-state index in [2.05, 4.69) is 22.8 Å². The van der Waals surface area contributed by atoms with Crippen LogP contribution in [0, 0.1) is 20.8 Å². The van der Waals surface area contributed by atoms with Gasteiger partial charge in [-0.25, -0.2) is 0 Å². The van der Waals surface area contributed by atoms with Gasteiger partial charge in [0.15, 0.2) is 5.11 Å². The van der Waals surface area contributed by atoms with Crippen LogP contribution in [0.4, 0.5) is 5.69 Å². The minimum absolute atomic E-state index is 0.258. The summed E-state index contributed by atoms with van der Waals surface area (Å²) in [5.74, 6) is 1.03. The monoisotopic (exact) mass is 390 g/mol. The van der Waals surface area contributed by atoms with Gasteiger partial charge in [0, 0.05) is 17.3 Å². The van der Waals surface area contributed by atoms with E-state index in [1.807, 2.05) is 63.2 Å². The van der Waals surface area contributed by atoms with Crippen molar-refractivity contribution < 1.29 is 9.21 Å². The molecule has 5 heteroatoms. The zero-order chi connectivity index (χ0) is 20.1. The Bertz CT molecular complexity index is 1010. The molecule has 0 atom stereocenters. The maximum Gasteiger partial charge on any atom is 0.250 e. The van der Waals surface area contributed by atoms with Gasteiger partial charge in [-0.2, -0.15) is 0 Å². The molecule has 3 rings (SSSR count). The number of carbonyl (C=O) groups excluding carboxylic acids is 1. The SMILES string of the molecule is Cc1cc(C)c(NC(=S)NC(=O)/C=C/c2ccc(-c3ccccc3)o2)c(C)c1. The van der Waals surface area contributed by atoms with E-state index in [0.29, 0.717) is 5.76 Å². The first-order valence-electron chi connectivity index (χ1n) is 8.95. The molecule has 2 aromatic carbocycles. The number of rotatable bonds is 4. The number of nitrogens with one attached hydrogen (secondary N) is 2. The van der Waals surface area contributed by atoms with Gasteiger partial charge in [0.1, 0.15) is 11.5 Å². The molecule has 0 saturated heterocycles. The van der Waals surface area contributed by atoms with E-state index in [-0.39, 0.29) is 11.0 Å². The lowest BCUT2D eigenvalue weighted by Gasteiger charge is -2.14. The standard InChI is InChI=1S/C23H22N2O2S/c1-15-13-16(2)22(17(3)14-15)25-23(28)24-21(26)12-10-19-9-11-20(27-19)18-7-5-4-6-8-18/h4-14H,1-3H3,(H2,24,25,26,28)/b12-10+. The fourth-order valence-corrected chi connectivity index (χ4v) is 3.24. The van der Waals surface area contributed by atoms with Crippen LogP contribution in [0.5, 0.6) is 0 Å². The van der Waals surface area contributed by atoms with Crippen LogP contribution in [-0.4, -0.2) is 11.0 Å². The lowest BCUT2D eigenvalue weighted by molar-refractivity contribution is -0.115. The summed E-state index contributed by atoms with van der Waals surface area (Å²) in [5, 5.41) is 6.02. The van der Waals surface area contributed by atoms with Gasteiger partial charge in [0.2, 0.25) is 5.91 Å². The molecule has 3 aromatic rings. The Kier molecular flexibility index (Phi) is 6.06. The van der Waals surface area contributed by atoms with Gasteiger partial charge in [-0.15, -0.1) is 0 Å². The van der Waals surface area contributed by atoms with Crippen LogP contribution in [0.3, 0.4) is 0 Å². The van der Waals surface area contributed by atoms with E-state index in [1.165, 1.54) is 11.6 Å². The summed E-state index contributed by atoms with van der Waals surface area (Å²) < 4.78 is 5.75. The van der Waals surface area contributed by atoms with Gasteiger partial charge in [-0.1, -0.05) is 48.0 Å². The zero-order valence-corrected chi connectivity index (χ0v) is 16.9. The highest BCUT2D eigenvalue weighted by atomic mass is 32.1. The smallest absolute Gasteiger partial charge is 0.250 e. The Morgan fingerprint density at radius 3 is 2.36 bits per heavy atom.